The minimum atomic E-state index is 0.541. The highest BCUT2D eigenvalue weighted by Crippen LogP contribution is 2.27. The monoisotopic (exact) mass is 702 g/mol. The maximum Gasteiger partial charge on any atom is 0.141 e. The molecule has 4 aromatic rings. The van der Waals surface area contributed by atoms with Crippen LogP contribution in [0.25, 0.3) is 0 Å². The second-order valence-corrected chi connectivity index (χ2v) is 12.5. The van der Waals surface area contributed by atoms with Gasteiger partial charge in [0.1, 0.15) is 24.8 Å². The average molecular weight is 705 g/mol. The third kappa shape index (κ3) is 10.5. The molecule has 226 valence electrons. The number of nitrogens with zero attached hydrogens (tertiary/aromatic N) is 8. The second kappa shape index (κ2) is 16.2. The Kier molecular flexibility index (Phi) is 12.4. The van der Waals surface area contributed by atoms with Crippen LogP contribution in [0.3, 0.4) is 0 Å². The lowest BCUT2D eigenvalue weighted by atomic mass is 10.1. The van der Waals surface area contributed by atoms with E-state index in [1.165, 1.54) is 11.1 Å². The molecule has 0 amide bonds. The Morgan fingerprint density at radius 1 is 0.690 bits per heavy atom. The highest BCUT2D eigenvalue weighted by Gasteiger charge is 2.08. The van der Waals surface area contributed by atoms with Crippen LogP contribution in [0.1, 0.15) is 28.9 Å². The Morgan fingerprint density at radius 2 is 1.21 bits per heavy atom. The molecule has 0 aliphatic carbocycles. The molecule has 10 nitrogen and oxygen atoms in total. The lowest BCUT2D eigenvalue weighted by Gasteiger charge is -2.13. The Balaban J connectivity index is 1.16. The zero-order valence-corrected chi connectivity index (χ0v) is 28.0. The summed E-state index contributed by atoms with van der Waals surface area (Å²) in [6.07, 6.45) is 8.47. The third-order valence-electron chi connectivity index (χ3n) is 6.56. The fourth-order valence-corrected chi connectivity index (χ4v) is 5.31. The summed E-state index contributed by atoms with van der Waals surface area (Å²) in [5.74, 6) is 1.71. The van der Waals surface area contributed by atoms with E-state index < -0.39 is 0 Å². The minimum Gasteiger partial charge on any atom is -0.491 e. The highest BCUT2D eigenvalue weighted by atomic mass is 79.9. The third-order valence-corrected chi connectivity index (χ3v) is 7.80. The summed E-state index contributed by atoms with van der Waals surface area (Å²) in [7, 11) is 8.03. The summed E-state index contributed by atoms with van der Waals surface area (Å²) in [6.45, 7) is 3.63. The number of likely N-dealkylation sites (N-methyl/N-ethyl adjacent to an activating group) is 1. The number of aryl methyl sites for hydroxylation is 6. The van der Waals surface area contributed by atoms with Crippen LogP contribution in [-0.4, -0.2) is 87.9 Å². The van der Waals surface area contributed by atoms with Crippen molar-refractivity contribution in [3.05, 3.63) is 80.3 Å². The van der Waals surface area contributed by atoms with Gasteiger partial charge in [0.2, 0.25) is 0 Å². The van der Waals surface area contributed by atoms with Gasteiger partial charge in [0.05, 0.1) is 20.3 Å². The predicted octanol–water partition coefficient (Wildman–Crippen LogP) is 4.89. The zero-order valence-electron chi connectivity index (χ0n) is 24.8. The van der Waals surface area contributed by atoms with Crippen molar-refractivity contribution in [2.45, 2.75) is 45.2 Å². The van der Waals surface area contributed by atoms with Gasteiger partial charge in [0, 0.05) is 32.0 Å². The van der Waals surface area contributed by atoms with E-state index in [2.05, 4.69) is 81.6 Å². The molecule has 0 bridgehead atoms. The lowest BCUT2D eigenvalue weighted by Crippen LogP contribution is -2.19. The van der Waals surface area contributed by atoms with Gasteiger partial charge in [-0.1, -0.05) is 22.6 Å². The van der Waals surface area contributed by atoms with Crippen LogP contribution >= 0.6 is 31.9 Å². The Hall–Kier alpha value is -2.80. The molecule has 0 aliphatic heterocycles. The van der Waals surface area contributed by atoms with Gasteiger partial charge in [-0.25, -0.2) is 0 Å². The first-order chi connectivity index (χ1) is 20.2. The molecule has 4 rings (SSSR count). The van der Waals surface area contributed by atoms with Crippen LogP contribution in [0.5, 0.6) is 11.5 Å². The van der Waals surface area contributed by atoms with Crippen molar-refractivity contribution in [2.24, 2.45) is 0 Å². The predicted molar refractivity (Wildman–Crippen MR) is 171 cm³/mol. The summed E-state index contributed by atoms with van der Waals surface area (Å²) in [5.41, 5.74) is 4.43. The Labute approximate surface area is 265 Å². The molecule has 0 saturated heterocycles. The summed E-state index contributed by atoms with van der Waals surface area (Å²) >= 11 is 7.25. The van der Waals surface area contributed by atoms with Crippen LogP contribution in [0, 0.1) is 0 Å². The van der Waals surface area contributed by atoms with E-state index >= 15 is 0 Å². The number of rotatable bonds is 17. The molecule has 0 saturated carbocycles. The number of ether oxygens (including phenoxy) is 2. The van der Waals surface area contributed by atoms with Crippen LogP contribution in [0.15, 0.2) is 57.7 Å². The molecule has 2 aromatic carbocycles. The SMILES string of the molecule is CN(C)CCOc1ccc(CCn2cc(CCCc3cn(CCc4ccc(OCN(C)C)c(Br)c4)nn3)nn2)cc1Br. The first kappa shape index (κ1) is 32.1. The lowest BCUT2D eigenvalue weighted by molar-refractivity contribution is 0.178. The van der Waals surface area contributed by atoms with Crippen molar-refractivity contribution in [2.75, 3.05) is 48.1 Å². The van der Waals surface area contributed by atoms with Crippen LogP contribution in [0.2, 0.25) is 0 Å². The normalized spacial score (nSPS) is 11.5. The summed E-state index contributed by atoms with van der Waals surface area (Å²) in [5, 5.41) is 17.4. The maximum absolute atomic E-state index is 5.86. The minimum absolute atomic E-state index is 0.541. The standard InChI is InChI=1S/C30H40Br2N8O2/c1-37(2)16-17-41-29-10-8-23(18-27(29)31)12-14-39-20-25(33-35-39)6-5-7-26-21-40(36-34-26)15-13-24-9-11-30(28(32)19-24)42-22-38(3)4/h8-11,18-21H,5-7,12-17,22H2,1-4H3. The van der Waals surface area contributed by atoms with Crippen molar-refractivity contribution in [1.29, 1.82) is 0 Å². The zero-order chi connectivity index (χ0) is 29.9. The molecular formula is C30H40Br2N8O2. The van der Waals surface area contributed by atoms with Crippen molar-refractivity contribution < 1.29 is 9.47 Å². The van der Waals surface area contributed by atoms with E-state index in [4.69, 9.17) is 9.47 Å². The van der Waals surface area contributed by atoms with Gasteiger partial charge < -0.3 is 14.4 Å². The van der Waals surface area contributed by atoms with Crippen molar-refractivity contribution in [3.63, 3.8) is 0 Å². The van der Waals surface area contributed by atoms with Gasteiger partial charge in [-0.15, -0.1) is 10.2 Å². The van der Waals surface area contributed by atoms with Crippen LogP contribution in [-0.2, 0) is 38.8 Å². The largest absolute Gasteiger partial charge is 0.491 e. The molecule has 0 radical (unpaired) electrons. The van der Waals surface area contributed by atoms with Gasteiger partial charge in [-0.05, 0) is 128 Å². The molecular weight excluding hydrogens is 664 g/mol. The van der Waals surface area contributed by atoms with Crippen LogP contribution in [0.4, 0.5) is 0 Å². The number of hydrogen-bond acceptors (Lipinski definition) is 8. The fourth-order valence-electron chi connectivity index (χ4n) is 4.23. The highest BCUT2D eigenvalue weighted by molar-refractivity contribution is 9.10. The quantitative estimate of drug-likeness (QED) is 0.144. The van der Waals surface area contributed by atoms with Crippen molar-refractivity contribution >= 4 is 31.9 Å². The van der Waals surface area contributed by atoms with Gasteiger partial charge in [-0.3, -0.25) is 14.3 Å². The molecule has 0 unspecified atom stereocenters. The molecule has 2 heterocycles. The van der Waals surface area contributed by atoms with E-state index in [9.17, 15) is 0 Å². The van der Waals surface area contributed by atoms with Gasteiger partial charge in [0.15, 0.2) is 0 Å². The summed E-state index contributed by atoms with van der Waals surface area (Å²) in [4.78, 5) is 4.09. The van der Waals surface area contributed by atoms with E-state index in [1.807, 2.05) is 67.0 Å². The number of aromatic nitrogens is 6. The summed E-state index contributed by atoms with van der Waals surface area (Å²) < 4.78 is 17.4. The van der Waals surface area contributed by atoms with E-state index in [0.717, 1.165) is 83.6 Å². The van der Waals surface area contributed by atoms with E-state index in [0.29, 0.717) is 13.3 Å². The molecule has 0 atom stereocenters. The van der Waals surface area contributed by atoms with E-state index in [1.54, 1.807) is 0 Å². The van der Waals surface area contributed by atoms with Gasteiger partial charge in [-0.2, -0.15) is 0 Å². The number of benzene rings is 2. The van der Waals surface area contributed by atoms with Crippen LogP contribution < -0.4 is 9.47 Å². The fraction of sp³-hybridized carbons (Fsp3) is 0.467. The Morgan fingerprint density at radius 3 is 1.69 bits per heavy atom. The molecule has 2 aromatic heterocycles. The Bertz CT molecular complexity index is 1410. The topological polar surface area (TPSA) is 86.4 Å². The van der Waals surface area contributed by atoms with E-state index in [-0.39, 0.29) is 0 Å². The molecule has 12 heteroatoms. The first-order valence-corrected chi connectivity index (χ1v) is 15.7. The molecule has 0 aliphatic rings. The van der Waals surface area contributed by atoms with Gasteiger partial charge >= 0.3 is 0 Å². The smallest absolute Gasteiger partial charge is 0.141 e. The molecule has 0 N–H and O–H groups in total. The first-order valence-electron chi connectivity index (χ1n) is 14.1. The maximum atomic E-state index is 5.86. The number of halogens is 2. The van der Waals surface area contributed by atoms with Crippen molar-refractivity contribution in [1.82, 2.24) is 39.8 Å². The number of hydrogen-bond donors (Lipinski definition) is 0. The molecule has 42 heavy (non-hydrogen) atoms. The second-order valence-electron chi connectivity index (χ2n) is 10.8. The molecule has 0 spiro atoms. The molecule has 0 fully saturated rings. The average Bonchev–Trinajstić information content (AvgIpc) is 3.60. The van der Waals surface area contributed by atoms with Gasteiger partial charge in [0.25, 0.3) is 0 Å². The summed E-state index contributed by atoms with van der Waals surface area (Å²) in [6, 6.07) is 12.5. The van der Waals surface area contributed by atoms with Crippen molar-refractivity contribution in [3.8, 4) is 11.5 Å².